The summed E-state index contributed by atoms with van der Waals surface area (Å²) in [5.41, 5.74) is 5.30. The fourth-order valence-electron chi connectivity index (χ4n) is 1.40. The lowest BCUT2D eigenvalue weighted by Crippen LogP contribution is -2.48. The highest BCUT2D eigenvalue weighted by molar-refractivity contribution is 7.89. The molecule has 0 fully saturated rings. The molecule has 19 heavy (non-hydrogen) atoms. The Labute approximate surface area is 119 Å². The predicted octanol–water partition coefficient (Wildman–Crippen LogP) is 1.13. The molecule has 0 saturated carbocycles. The molecule has 1 heterocycles. The van der Waals surface area contributed by atoms with Crippen molar-refractivity contribution in [2.75, 3.05) is 20.6 Å². The molecule has 5 nitrogen and oxygen atoms in total. The molecule has 0 bridgehead atoms. The molecule has 7 heteroatoms. The molecule has 0 atom stereocenters. The van der Waals surface area contributed by atoms with Gasteiger partial charge in [0.2, 0.25) is 10.0 Å². The molecule has 1 rings (SSSR count). The third kappa shape index (κ3) is 4.00. The van der Waals surface area contributed by atoms with Crippen molar-refractivity contribution in [2.45, 2.75) is 37.8 Å². The van der Waals surface area contributed by atoms with Crippen molar-refractivity contribution in [3.8, 4) is 0 Å². The lowest BCUT2D eigenvalue weighted by Gasteiger charge is -2.32. The zero-order valence-corrected chi connectivity index (χ0v) is 13.8. The van der Waals surface area contributed by atoms with Crippen molar-refractivity contribution in [1.29, 1.82) is 0 Å². The molecular formula is C12H23N3O2S2. The number of aryl methyl sites for hydroxylation is 1. The Kier molecular flexibility index (Phi) is 5.14. The Morgan fingerprint density at radius 1 is 1.42 bits per heavy atom. The van der Waals surface area contributed by atoms with E-state index in [9.17, 15) is 8.42 Å². The smallest absolute Gasteiger partial charge is 0.241 e. The van der Waals surface area contributed by atoms with Gasteiger partial charge in [0.1, 0.15) is 0 Å². The molecule has 0 aliphatic rings. The normalized spacial score (nSPS) is 13.2. The van der Waals surface area contributed by atoms with Crippen LogP contribution in [0.15, 0.2) is 11.0 Å². The zero-order chi connectivity index (χ0) is 14.8. The van der Waals surface area contributed by atoms with E-state index in [2.05, 4.69) is 4.72 Å². The lowest BCUT2D eigenvalue weighted by atomic mass is 10.1. The molecule has 0 spiro atoms. The molecule has 0 aliphatic heterocycles. The maximum absolute atomic E-state index is 12.3. The molecule has 1 aromatic rings. The van der Waals surface area contributed by atoms with Gasteiger partial charge in [-0.15, -0.1) is 11.3 Å². The Morgan fingerprint density at radius 2 is 2.00 bits per heavy atom. The molecule has 1 aromatic heterocycles. The third-order valence-corrected chi connectivity index (χ3v) is 6.05. The van der Waals surface area contributed by atoms with Gasteiger partial charge in [-0.1, -0.05) is 0 Å². The first-order valence-electron chi connectivity index (χ1n) is 6.06. The number of nitrogens with two attached hydrogens (primary N) is 1. The average Bonchev–Trinajstić information content (AvgIpc) is 2.69. The van der Waals surface area contributed by atoms with Gasteiger partial charge < -0.3 is 10.6 Å². The summed E-state index contributed by atoms with van der Waals surface area (Å²) < 4.78 is 27.2. The number of hydrogen-bond donors (Lipinski definition) is 2. The van der Waals surface area contributed by atoms with Crippen LogP contribution in [0.1, 0.15) is 23.6 Å². The van der Waals surface area contributed by atoms with Crippen LogP contribution in [0.25, 0.3) is 0 Å². The maximum Gasteiger partial charge on any atom is 0.241 e. The quantitative estimate of drug-likeness (QED) is 0.826. The van der Waals surface area contributed by atoms with Crippen molar-refractivity contribution in [3.63, 3.8) is 0 Å². The van der Waals surface area contributed by atoms with Gasteiger partial charge in [0.05, 0.1) is 4.90 Å². The summed E-state index contributed by atoms with van der Waals surface area (Å²) in [5.74, 6) is 0. The van der Waals surface area contributed by atoms with Gasteiger partial charge in [-0.05, 0) is 40.9 Å². The number of nitrogens with zero attached hydrogens (tertiary/aromatic N) is 1. The van der Waals surface area contributed by atoms with Crippen molar-refractivity contribution in [3.05, 3.63) is 15.8 Å². The average molecular weight is 305 g/mol. The van der Waals surface area contributed by atoms with E-state index in [0.717, 1.165) is 9.75 Å². The number of thiophene rings is 1. The van der Waals surface area contributed by atoms with E-state index in [0.29, 0.717) is 18.0 Å². The van der Waals surface area contributed by atoms with Crippen molar-refractivity contribution in [2.24, 2.45) is 5.73 Å². The first kappa shape index (κ1) is 16.6. The highest BCUT2D eigenvalue weighted by atomic mass is 32.2. The summed E-state index contributed by atoms with van der Waals surface area (Å²) in [6.07, 6.45) is 0. The summed E-state index contributed by atoms with van der Waals surface area (Å²) >= 11 is 1.43. The summed E-state index contributed by atoms with van der Waals surface area (Å²) in [6, 6.07) is 1.66. The largest absolute Gasteiger partial charge is 0.326 e. The standard InChI is InChI=1S/C12H23N3O2S2/c1-9-11(6-10(7-13)18-9)19(16,17)14-8-12(2,3)15(4)5/h6,14H,7-8,13H2,1-5H3. The van der Waals surface area contributed by atoms with Gasteiger partial charge in [-0.2, -0.15) is 0 Å². The van der Waals surface area contributed by atoms with Crippen molar-refractivity contribution < 1.29 is 8.42 Å². The van der Waals surface area contributed by atoms with Crippen LogP contribution in [0, 0.1) is 6.92 Å². The zero-order valence-electron chi connectivity index (χ0n) is 12.1. The van der Waals surface area contributed by atoms with Gasteiger partial charge in [-0.25, -0.2) is 13.1 Å². The SMILES string of the molecule is Cc1sc(CN)cc1S(=O)(=O)NCC(C)(C)N(C)C. The topological polar surface area (TPSA) is 75.4 Å². The maximum atomic E-state index is 12.3. The highest BCUT2D eigenvalue weighted by Gasteiger charge is 2.25. The fraction of sp³-hybridized carbons (Fsp3) is 0.667. The summed E-state index contributed by atoms with van der Waals surface area (Å²) in [4.78, 5) is 3.98. The van der Waals surface area contributed by atoms with Gasteiger partial charge in [0, 0.05) is 28.4 Å². The van der Waals surface area contributed by atoms with Gasteiger partial charge in [-0.3, -0.25) is 0 Å². The van der Waals surface area contributed by atoms with Crippen LogP contribution >= 0.6 is 11.3 Å². The molecular weight excluding hydrogens is 282 g/mol. The Bertz CT molecular complexity index is 533. The fourth-order valence-corrected chi connectivity index (χ4v) is 4.12. The summed E-state index contributed by atoms with van der Waals surface area (Å²) in [5, 5.41) is 0. The van der Waals surface area contributed by atoms with E-state index in [1.165, 1.54) is 11.3 Å². The predicted molar refractivity (Wildman–Crippen MR) is 79.9 cm³/mol. The molecule has 0 aliphatic carbocycles. The van der Waals surface area contributed by atoms with E-state index in [1.54, 1.807) is 13.0 Å². The van der Waals surface area contributed by atoms with Gasteiger partial charge >= 0.3 is 0 Å². The first-order valence-corrected chi connectivity index (χ1v) is 8.36. The molecule has 0 radical (unpaired) electrons. The lowest BCUT2D eigenvalue weighted by molar-refractivity contribution is 0.199. The number of rotatable bonds is 6. The molecule has 3 N–H and O–H groups in total. The van der Waals surface area contributed by atoms with Crippen LogP contribution in [0.5, 0.6) is 0 Å². The third-order valence-electron chi connectivity index (χ3n) is 3.32. The van der Waals surface area contributed by atoms with E-state index in [1.807, 2.05) is 32.8 Å². The minimum atomic E-state index is -3.47. The van der Waals surface area contributed by atoms with Crippen LogP contribution in [-0.2, 0) is 16.6 Å². The Morgan fingerprint density at radius 3 is 2.42 bits per heavy atom. The Hall–Kier alpha value is -0.470. The van der Waals surface area contributed by atoms with Crippen LogP contribution in [0.4, 0.5) is 0 Å². The first-order chi connectivity index (χ1) is 8.60. The van der Waals surface area contributed by atoms with E-state index in [4.69, 9.17) is 5.73 Å². The minimum Gasteiger partial charge on any atom is -0.326 e. The van der Waals surface area contributed by atoms with Crippen molar-refractivity contribution >= 4 is 21.4 Å². The second kappa shape index (κ2) is 5.88. The van der Waals surface area contributed by atoms with Crippen LogP contribution < -0.4 is 10.5 Å². The number of hydrogen-bond acceptors (Lipinski definition) is 5. The van der Waals surface area contributed by atoms with E-state index >= 15 is 0 Å². The van der Waals surface area contributed by atoms with E-state index < -0.39 is 10.0 Å². The minimum absolute atomic E-state index is 0.242. The summed E-state index contributed by atoms with van der Waals surface area (Å²) in [7, 11) is 0.386. The van der Waals surface area contributed by atoms with Gasteiger partial charge in [0.15, 0.2) is 0 Å². The van der Waals surface area contributed by atoms with Crippen LogP contribution in [0.2, 0.25) is 0 Å². The number of nitrogens with one attached hydrogen (secondary N) is 1. The number of likely N-dealkylation sites (N-methyl/N-ethyl adjacent to an activating group) is 1. The second-order valence-corrected chi connectivity index (χ2v) is 8.44. The van der Waals surface area contributed by atoms with E-state index in [-0.39, 0.29) is 5.54 Å². The second-order valence-electron chi connectivity index (χ2n) is 5.37. The van der Waals surface area contributed by atoms with Crippen LogP contribution in [0.3, 0.4) is 0 Å². The van der Waals surface area contributed by atoms with Crippen LogP contribution in [-0.4, -0.2) is 39.5 Å². The van der Waals surface area contributed by atoms with Crippen molar-refractivity contribution in [1.82, 2.24) is 9.62 Å². The molecule has 0 saturated heterocycles. The molecule has 0 unspecified atom stereocenters. The Balaban J connectivity index is 2.90. The number of sulfonamides is 1. The van der Waals surface area contributed by atoms with Gasteiger partial charge in [0.25, 0.3) is 0 Å². The highest BCUT2D eigenvalue weighted by Crippen LogP contribution is 2.25. The summed E-state index contributed by atoms with van der Waals surface area (Å²) in [6.45, 7) is 6.50. The molecule has 0 aromatic carbocycles. The monoisotopic (exact) mass is 305 g/mol. The molecule has 110 valence electrons. The molecule has 0 amide bonds.